The summed E-state index contributed by atoms with van der Waals surface area (Å²) in [4.78, 5) is 10.7. The van der Waals surface area contributed by atoms with Gasteiger partial charge in [-0.15, -0.1) is 0 Å². The molecule has 0 saturated carbocycles. The Balaban J connectivity index is 2.09. The van der Waals surface area contributed by atoms with Gasteiger partial charge in [0.1, 0.15) is 0 Å². The first kappa shape index (κ1) is 10.4. The summed E-state index contributed by atoms with van der Waals surface area (Å²) in [6.45, 7) is 0.181. The normalized spacial score (nSPS) is 26.3. The lowest BCUT2D eigenvalue weighted by Gasteiger charge is -2.30. The van der Waals surface area contributed by atoms with E-state index in [1.54, 1.807) is 0 Å². The van der Waals surface area contributed by atoms with E-state index in [0.29, 0.717) is 5.92 Å². The van der Waals surface area contributed by atoms with Crippen molar-refractivity contribution in [3.8, 4) is 0 Å². The fourth-order valence-corrected chi connectivity index (χ4v) is 2.48. The highest BCUT2D eigenvalue weighted by Crippen LogP contribution is 2.31. The highest BCUT2D eigenvalue weighted by molar-refractivity contribution is 6.84. The van der Waals surface area contributed by atoms with Crippen LogP contribution in [0, 0.1) is 0 Å². The molecule has 0 unspecified atom stereocenters. The number of nitrogens with two attached hydrogens (primary N) is 1. The average molecular weight is 201 g/mol. The average Bonchev–Trinajstić information content (AvgIpc) is 2.30. The van der Waals surface area contributed by atoms with Crippen molar-refractivity contribution in [1.29, 1.82) is 0 Å². The van der Waals surface area contributed by atoms with Crippen LogP contribution in [-0.4, -0.2) is 18.9 Å². The zero-order valence-corrected chi connectivity index (χ0v) is 8.80. The van der Waals surface area contributed by atoms with E-state index in [0.717, 1.165) is 25.2 Å². The summed E-state index contributed by atoms with van der Waals surface area (Å²) in [5.41, 5.74) is 7.43. The van der Waals surface area contributed by atoms with Gasteiger partial charge in [-0.1, -0.05) is 49.4 Å². The molecule has 1 aliphatic heterocycles. The third-order valence-corrected chi connectivity index (χ3v) is 3.36. The van der Waals surface area contributed by atoms with Crippen LogP contribution in [0.25, 0.3) is 0 Å². The van der Waals surface area contributed by atoms with Crippen LogP contribution < -0.4 is 5.73 Å². The SMILES string of the molecule is N[C@H]1CB(C=O)CC[C@H]1c1ccccc1. The maximum Gasteiger partial charge on any atom is 0.220 e. The van der Waals surface area contributed by atoms with Gasteiger partial charge in [-0.05, 0) is 11.5 Å². The lowest BCUT2D eigenvalue weighted by molar-refractivity contribution is 0.522. The zero-order valence-electron chi connectivity index (χ0n) is 8.80. The van der Waals surface area contributed by atoms with Crippen molar-refractivity contribution in [1.82, 2.24) is 0 Å². The molecule has 1 aromatic rings. The zero-order chi connectivity index (χ0) is 10.7. The van der Waals surface area contributed by atoms with Crippen molar-refractivity contribution in [3.63, 3.8) is 0 Å². The second-order valence-electron chi connectivity index (χ2n) is 4.39. The second-order valence-corrected chi connectivity index (χ2v) is 4.39. The van der Waals surface area contributed by atoms with Gasteiger partial charge in [0.25, 0.3) is 0 Å². The minimum absolute atomic E-state index is 0.136. The number of carbonyl (C=O) groups is 1. The molecule has 2 N–H and O–H groups in total. The maximum absolute atomic E-state index is 10.7. The third-order valence-electron chi connectivity index (χ3n) is 3.36. The first-order valence-corrected chi connectivity index (χ1v) is 5.57. The molecule has 0 bridgehead atoms. The number of rotatable bonds is 2. The molecule has 2 atom stereocenters. The summed E-state index contributed by atoms with van der Waals surface area (Å²) in [6, 6.07) is 10.5. The molecule has 1 fully saturated rings. The van der Waals surface area contributed by atoms with Crippen LogP contribution in [0.4, 0.5) is 0 Å². The molecule has 1 aliphatic rings. The van der Waals surface area contributed by atoms with Gasteiger partial charge in [-0.25, -0.2) is 0 Å². The predicted octanol–water partition coefficient (Wildman–Crippen LogP) is 1.77. The summed E-state index contributed by atoms with van der Waals surface area (Å²) in [5.74, 6) is 0.433. The van der Waals surface area contributed by atoms with E-state index in [-0.39, 0.29) is 12.8 Å². The first-order chi connectivity index (χ1) is 7.31. The molecule has 1 saturated heterocycles. The summed E-state index contributed by atoms with van der Waals surface area (Å²) in [5, 5.41) is 0. The van der Waals surface area contributed by atoms with Crippen molar-refractivity contribution >= 4 is 12.9 Å². The standard InChI is InChI=1S/C12H16BNO/c14-12-8-13(9-15)7-6-11(12)10-4-2-1-3-5-10/h1-5,9,11-12H,6-8,14H2/t11-,12-/m0/s1. The van der Waals surface area contributed by atoms with E-state index in [1.165, 1.54) is 5.56 Å². The highest BCUT2D eigenvalue weighted by Gasteiger charge is 2.30. The van der Waals surface area contributed by atoms with Gasteiger partial charge in [0.05, 0.1) is 6.19 Å². The minimum atomic E-state index is 0.136. The molecule has 1 heterocycles. The smallest absolute Gasteiger partial charge is 0.220 e. The Labute approximate surface area is 90.9 Å². The van der Waals surface area contributed by atoms with E-state index >= 15 is 0 Å². The van der Waals surface area contributed by atoms with E-state index in [2.05, 4.69) is 12.1 Å². The van der Waals surface area contributed by atoms with Crippen LogP contribution in [-0.2, 0) is 4.79 Å². The Morgan fingerprint density at radius 1 is 1.33 bits per heavy atom. The number of benzene rings is 1. The molecule has 15 heavy (non-hydrogen) atoms. The van der Waals surface area contributed by atoms with Crippen LogP contribution >= 0.6 is 0 Å². The van der Waals surface area contributed by atoms with E-state index in [4.69, 9.17) is 5.73 Å². The lowest BCUT2D eigenvalue weighted by atomic mass is 9.40. The van der Waals surface area contributed by atoms with Crippen LogP contribution in [0.2, 0.25) is 12.6 Å². The molecule has 0 aromatic heterocycles. The molecular weight excluding hydrogens is 185 g/mol. The van der Waals surface area contributed by atoms with Gasteiger partial charge in [0.15, 0.2) is 0 Å². The molecule has 2 rings (SSSR count). The van der Waals surface area contributed by atoms with Gasteiger partial charge >= 0.3 is 0 Å². The largest absolute Gasteiger partial charge is 0.328 e. The number of hydrogen-bond donors (Lipinski definition) is 1. The van der Waals surface area contributed by atoms with Gasteiger partial charge in [0, 0.05) is 6.04 Å². The Bertz CT molecular complexity index is 328. The van der Waals surface area contributed by atoms with Crippen molar-refractivity contribution in [2.24, 2.45) is 5.73 Å². The van der Waals surface area contributed by atoms with Crippen molar-refractivity contribution in [2.75, 3.05) is 0 Å². The monoisotopic (exact) mass is 201 g/mol. The van der Waals surface area contributed by atoms with Crippen LogP contribution in [0.1, 0.15) is 17.9 Å². The molecule has 0 radical (unpaired) electrons. The molecule has 2 nitrogen and oxygen atoms in total. The molecule has 0 spiro atoms. The topological polar surface area (TPSA) is 43.1 Å². The van der Waals surface area contributed by atoms with Gasteiger partial charge in [0.2, 0.25) is 6.71 Å². The fourth-order valence-electron chi connectivity index (χ4n) is 2.48. The summed E-state index contributed by atoms with van der Waals surface area (Å²) in [7, 11) is 0. The molecule has 3 heteroatoms. The Hall–Kier alpha value is -1.09. The van der Waals surface area contributed by atoms with Crippen molar-refractivity contribution < 1.29 is 4.79 Å². The maximum atomic E-state index is 10.7. The van der Waals surface area contributed by atoms with Crippen molar-refractivity contribution in [2.45, 2.75) is 31.0 Å². The summed E-state index contributed by atoms with van der Waals surface area (Å²) < 4.78 is 0. The van der Waals surface area contributed by atoms with Crippen LogP contribution in [0.3, 0.4) is 0 Å². The lowest BCUT2D eigenvalue weighted by Crippen LogP contribution is -2.39. The first-order valence-electron chi connectivity index (χ1n) is 5.57. The predicted molar refractivity (Wildman–Crippen MR) is 63.9 cm³/mol. The minimum Gasteiger partial charge on any atom is -0.328 e. The van der Waals surface area contributed by atoms with Gasteiger partial charge in [-0.2, -0.15) is 0 Å². The number of hydrogen-bond acceptors (Lipinski definition) is 2. The fraction of sp³-hybridized carbons (Fsp3) is 0.417. The molecule has 0 aliphatic carbocycles. The van der Waals surface area contributed by atoms with E-state index in [1.807, 2.05) is 18.2 Å². The second kappa shape index (κ2) is 4.62. The highest BCUT2D eigenvalue weighted by atomic mass is 16.1. The third kappa shape index (κ3) is 2.29. The van der Waals surface area contributed by atoms with E-state index < -0.39 is 0 Å². The van der Waals surface area contributed by atoms with E-state index in [9.17, 15) is 4.79 Å². The molecular formula is C12H16BNO. The van der Waals surface area contributed by atoms with Gasteiger partial charge < -0.3 is 10.5 Å². The van der Waals surface area contributed by atoms with Crippen LogP contribution in [0.15, 0.2) is 30.3 Å². The molecule has 1 aromatic carbocycles. The summed E-state index contributed by atoms with van der Waals surface area (Å²) in [6.07, 6.45) is 3.91. The van der Waals surface area contributed by atoms with Crippen molar-refractivity contribution in [3.05, 3.63) is 35.9 Å². The Morgan fingerprint density at radius 3 is 2.67 bits per heavy atom. The van der Waals surface area contributed by atoms with Crippen LogP contribution in [0.5, 0.6) is 0 Å². The van der Waals surface area contributed by atoms with Gasteiger partial charge in [-0.3, -0.25) is 0 Å². The Morgan fingerprint density at radius 2 is 2.07 bits per heavy atom. The number of carbonyl (C=O) groups excluding carboxylic acids is 1. The summed E-state index contributed by atoms with van der Waals surface area (Å²) >= 11 is 0. The quantitative estimate of drug-likeness (QED) is 0.585. The Kier molecular flexibility index (Phi) is 3.22. The molecule has 0 amide bonds. The molecule has 78 valence electrons.